The van der Waals surface area contributed by atoms with Crippen molar-refractivity contribution in [2.45, 2.75) is 33.1 Å². The zero-order chi connectivity index (χ0) is 12.2. The quantitative estimate of drug-likeness (QED) is 0.772. The summed E-state index contributed by atoms with van der Waals surface area (Å²) in [4.78, 5) is 12.9. The van der Waals surface area contributed by atoms with Crippen LogP contribution in [-0.2, 0) is 4.79 Å². The fraction of sp³-hybridized carbons (Fsp3) is 0.833. The van der Waals surface area contributed by atoms with Gasteiger partial charge < -0.3 is 10.0 Å². The second-order valence-electron chi connectivity index (χ2n) is 5.22. The standard InChI is InChI=1S/C12H20N2O2/c1-12(2,9-13)5-3-6-14-7-4-10(8-14)11(15)16/h10H,3-8H2,1-2H3,(H,15,16). The Kier molecular flexibility index (Phi) is 4.31. The molecule has 0 aromatic carbocycles. The lowest BCUT2D eigenvalue weighted by molar-refractivity contribution is -0.141. The van der Waals surface area contributed by atoms with E-state index in [0.29, 0.717) is 6.54 Å². The van der Waals surface area contributed by atoms with Gasteiger partial charge in [-0.05, 0) is 46.2 Å². The summed E-state index contributed by atoms with van der Waals surface area (Å²) in [6, 6.07) is 2.28. The maximum atomic E-state index is 10.8. The number of carboxylic acid groups (broad SMARTS) is 1. The third-order valence-corrected chi connectivity index (χ3v) is 3.20. The maximum Gasteiger partial charge on any atom is 0.307 e. The van der Waals surface area contributed by atoms with Crippen molar-refractivity contribution in [2.24, 2.45) is 11.3 Å². The van der Waals surface area contributed by atoms with E-state index in [1.54, 1.807) is 0 Å². The van der Waals surface area contributed by atoms with E-state index in [1.807, 2.05) is 13.8 Å². The number of hydrogen-bond acceptors (Lipinski definition) is 3. The minimum Gasteiger partial charge on any atom is -0.481 e. The van der Waals surface area contributed by atoms with Gasteiger partial charge in [-0.25, -0.2) is 0 Å². The van der Waals surface area contributed by atoms with E-state index >= 15 is 0 Å². The van der Waals surface area contributed by atoms with Crippen molar-refractivity contribution in [1.82, 2.24) is 4.90 Å². The van der Waals surface area contributed by atoms with E-state index in [-0.39, 0.29) is 11.3 Å². The smallest absolute Gasteiger partial charge is 0.307 e. The molecule has 0 aliphatic carbocycles. The fourth-order valence-corrected chi connectivity index (χ4v) is 2.04. The van der Waals surface area contributed by atoms with Crippen molar-refractivity contribution in [3.8, 4) is 6.07 Å². The van der Waals surface area contributed by atoms with Crippen molar-refractivity contribution in [2.75, 3.05) is 19.6 Å². The number of carbonyl (C=O) groups is 1. The van der Waals surface area contributed by atoms with Crippen LogP contribution in [-0.4, -0.2) is 35.6 Å². The van der Waals surface area contributed by atoms with Gasteiger partial charge in [-0.1, -0.05) is 0 Å². The zero-order valence-electron chi connectivity index (χ0n) is 10.1. The maximum absolute atomic E-state index is 10.8. The molecule has 1 unspecified atom stereocenters. The van der Waals surface area contributed by atoms with Gasteiger partial charge in [0.15, 0.2) is 0 Å². The summed E-state index contributed by atoms with van der Waals surface area (Å²) in [5.74, 6) is -0.871. The second kappa shape index (κ2) is 5.31. The van der Waals surface area contributed by atoms with Crippen molar-refractivity contribution >= 4 is 5.97 Å². The molecule has 1 rings (SSSR count). The Morgan fingerprint density at radius 2 is 2.31 bits per heavy atom. The van der Waals surface area contributed by atoms with Crippen LogP contribution in [0.1, 0.15) is 33.1 Å². The van der Waals surface area contributed by atoms with Crippen molar-refractivity contribution < 1.29 is 9.90 Å². The Morgan fingerprint density at radius 1 is 1.62 bits per heavy atom. The van der Waals surface area contributed by atoms with Crippen LogP contribution < -0.4 is 0 Å². The molecule has 0 radical (unpaired) electrons. The van der Waals surface area contributed by atoms with E-state index in [9.17, 15) is 4.79 Å². The molecular weight excluding hydrogens is 204 g/mol. The van der Waals surface area contributed by atoms with Crippen LogP contribution in [0, 0.1) is 22.7 Å². The minimum atomic E-state index is -0.681. The SMILES string of the molecule is CC(C)(C#N)CCCN1CCC(C(=O)O)C1. The van der Waals surface area contributed by atoms with Crippen LogP contribution >= 0.6 is 0 Å². The average Bonchev–Trinajstić information content (AvgIpc) is 2.66. The highest BCUT2D eigenvalue weighted by Gasteiger charge is 2.27. The predicted molar refractivity (Wildman–Crippen MR) is 60.8 cm³/mol. The summed E-state index contributed by atoms with van der Waals surface area (Å²) >= 11 is 0. The number of nitrogens with zero attached hydrogens (tertiary/aromatic N) is 2. The van der Waals surface area contributed by atoms with Gasteiger partial charge in [0.1, 0.15) is 0 Å². The molecule has 1 heterocycles. The fourth-order valence-electron chi connectivity index (χ4n) is 2.04. The van der Waals surface area contributed by atoms with Gasteiger partial charge in [0.25, 0.3) is 0 Å². The second-order valence-corrected chi connectivity index (χ2v) is 5.22. The number of rotatable bonds is 5. The topological polar surface area (TPSA) is 64.3 Å². The number of hydrogen-bond donors (Lipinski definition) is 1. The summed E-state index contributed by atoms with van der Waals surface area (Å²) < 4.78 is 0. The molecule has 0 spiro atoms. The van der Waals surface area contributed by atoms with Crippen molar-refractivity contribution in [3.63, 3.8) is 0 Å². The van der Waals surface area contributed by atoms with Crippen molar-refractivity contribution in [3.05, 3.63) is 0 Å². The highest BCUT2D eigenvalue weighted by atomic mass is 16.4. The molecule has 4 nitrogen and oxygen atoms in total. The molecule has 4 heteroatoms. The monoisotopic (exact) mass is 224 g/mol. The molecule has 0 aromatic heterocycles. The Hall–Kier alpha value is -1.08. The third kappa shape index (κ3) is 3.82. The first-order valence-electron chi connectivity index (χ1n) is 5.81. The van der Waals surface area contributed by atoms with E-state index in [1.165, 1.54) is 0 Å². The lowest BCUT2D eigenvalue weighted by atomic mass is 9.90. The van der Waals surface area contributed by atoms with Gasteiger partial charge in [-0.3, -0.25) is 4.79 Å². The highest BCUT2D eigenvalue weighted by molar-refractivity contribution is 5.70. The minimum absolute atomic E-state index is 0.191. The number of nitriles is 1. The van der Waals surface area contributed by atoms with Gasteiger partial charge in [0.2, 0.25) is 0 Å². The largest absolute Gasteiger partial charge is 0.481 e. The number of likely N-dealkylation sites (tertiary alicyclic amines) is 1. The number of carboxylic acids is 1. The Morgan fingerprint density at radius 3 is 2.81 bits per heavy atom. The molecule has 1 N–H and O–H groups in total. The first-order valence-corrected chi connectivity index (χ1v) is 5.81. The lowest BCUT2D eigenvalue weighted by Gasteiger charge is -2.19. The first-order chi connectivity index (χ1) is 7.44. The highest BCUT2D eigenvalue weighted by Crippen LogP contribution is 2.22. The number of aliphatic carboxylic acids is 1. The Balaban J connectivity index is 2.21. The van der Waals surface area contributed by atoms with Crippen LogP contribution in [0.3, 0.4) is 0 Å². The molecule has 1 saturated heterocycles. The zero-order valence-corrected chi connectivity index (χ0v) is 10.1. The van der Waals surface area contributed by atoms with E-state index in [2.05, 4.69) is 11.0 Å². The molecule has 0 saturated carbocycles. The normalized spacial score (nSPS) is 21.9. The van der Waals surface area contributed by atoms with Gasteiger partial charge in [-0.2, -0.15) is 5.26 Å². The van der Waals surface area contributed by atoms with Gasteiger partial charge >= 0.3 is 5.97 Å². The molecule has 1 atom stereocenters. The molecule has 0 amide bonds. The van der Waals surface area contributed by atoms with Gasteiger partial charge in [-0.15, -0.1) is 0 Å². The summed E-state index contributed by atoms with van der Waals surface area (Å²) in [5, 5.41) is 17.7. The lowest BCUT2D eigenvalue weighted by Crippen LogP contribution is -2.25. The molecule has 1 aliphatic heterocycles. The molecule has 0 aromatic rings. The molecule has 1 fully saturated rings. The summed E-state index contributed by atoms with van der Waals surface area (Å²) in [6.07, 6.45) is 2.60. The van der Waals surface area contributed by atoms with Gasteiger partial charge in [0.05, 0.1) is 17.4 Å². The van der Waals surface area contributed by atoms with E-state index in [4.69, 9.17) is 10.4 Å². The van der Waals surface area contributed by atoms with E-state index < -0.39 is 5.97 Å². The van der Waals surface area contributed by atoms with Crippen LogP contribution in [0.5, 0.6) is 0 Å². The predicted octanol–water partition coefficient (Wildman–Crippen LogP) is 1.72. The van der Waals surface area contributed by atoms with E-state index in [0.717, 1.165) is 32.4 Å². The molecular formula is C12H20N2O2. The van der Waals surface area contributed by atoms with Gasteiger partial charge in [0, 0.05) is 6.54 Å². The third-order valence-electron chi connectivity index (χ3n) is 3.20. The Labute approximate surface area is 96.9 Å². The van der Waals surface area contributed by atoms with Crippen LogP contribution in [0.4, 0.5) is 0 Å². The van der Waals surface area contributed by atoms with Crippen LogP contribution in [0.15, 0.2) is 0 Å². The summed E-state index contributed by atoms with van der Waals surface area (Å²) in [7, 11) is 0. The molecule has 0 bridgehead atoms. The average molecular weight is 224 g/mol. The van der Waals surface area contributed by atoms with Crippen LogP contribution in [0.2, 0.25) is 0 Å². The summed E-state index contributed by atoms with van der Waals surface area (Å²) in [6.45, 7) is 6.34. The molecule has 1 aliphatic rings. The molecule has 90 valence electrons. The molecule has 16 heavy (non-hydrogen) atoms. The van der Waals surface area contributed by atoms with Crippen molar-refractivity contribution in [1.29, 1.82) is 5.26 Å². The first kappa shape index (κ1) is 13.0. The summed E-state index contributed by atoms with van der Waals surface area (Å²) in [5.41, 5.74) is -0.258. The Bertz CT molecular complexity index is 294. The van der Waals surface area contributed by atoms with Crippen LogP contribution in [0.25, 0.3) is 0 Å².